The van der Waals surface area contributed by atoms with Crippen LogP contribution >= 0.6 is 0 Å². The van der Waals surface area contributed by atoms with Gasteiger partial charge >= 0.3 is 18.1 Å². The summed E-state index contributed by atoms with van der Waals surface area (Å²) in [6.45, 7) is 0. The molecule has 1 aromatic rings. The van der Waals surface area contributed by atoms with Gasteiger partial charge in [0.25, 0.3) is 0 Å². The van der Waals surface area contributed by atoms with Crippen molar-refractivity contribution in [2.45, 2.75) is 6.18 Å². The molecule has 17 heavy (non-hydrogen) atoms. The summed E-state index contributed by atoms with van der Waals surface area (Å²) in [5, 5.41) is 8.38. The van der Waals surface area contributed by atoms with Crippen LogP contribution in [0.1, 0.15) is 10.4 Å². The van der Waals surface area contributed by atoms with Crippen molar-refractivity contribution >= 4 is 11.9 Å². The fraction of sp³-hybridized carbons (Fsp3) is 0.200. The Morgan fingerprint density at radius 1 is 1.18 bits per heavy atom. The van der Waals surface area contributed by atoms with Crippen molar-refractivity contribution in [1.29, 1.82) is 0 Å². The van der Waals surface area contributed by atoms with E-state index >= 15 is 0 Å². The summed E-state index contributed by atoms with van der Waals surface area (Å²) in [7, 11) is 0.676. The first-order chi connectivity index (χ1) is 7.79. The van der Waals surface area contributed by atoms with Crippen LogP contribution in [0, 0.1) is 0 Å². The number of hydrogen-bond acceptors (Lipinski definition) is 3. The highest BCUT2D eigenvalue weighted by molar-refractivity contribution is 5.87. The van der Waals surface area contributed by atoms with Gasteiger partial charge in [-0.3, -0.25) is 0 Å². The van der Waals surface area contributed by atoms with Gasteiger partial charge in [-0.25, -0.2) is 9.59 Å². The van der Waals surface area contributed by atoms with Crippen molar-refractivity contribution in [2.75, 3.05) is 7.11 Å². The molecule has 0 saturated heterocycles. The highest BCUT2D eigenvalue weighted by Crippen LogP contribution is 2.15. The highest BCUT2D eigenvalue weighted by atomic mass is 19.4. The first kappa shape index (κ1) is 14.9. The number of carboxylic acids is 1. The van der Waals surface area contributed by atoms with Gasteiger partial charge in [-0.05, 0) is 12.1 Å². The maximum absolute atomic E-state index is 11.0. The SMILES string of the molecule is COC(=O)C(F)(F)F.O=C(O)c1ccccc1. The lowest BCUT2D eigenvalue weighted by atomic mass is 10.2. The van der Waals surface area contributed by atoms with Crippen LogP contribution in [0.3, 0.4) is 0 Å². The molecule has 0 radical (unpaired) electrons. The van der Waals surface area contributed by atoms with Gasteiger partial charge < -0.3 is 9.84 Å². The van der Waals surface area contributed by atoms with E-state index in [0.717, 1.165) is 0 Å². The summed E-state index contributed by atoms with van der Waals surface area (Å²) in [6, 6.07) is 8.30. The van der Waals surface area contributed by atoms with Crippen molar-refractivity contribution in [3.05, 3.63) is 35.9 Å². The molecule has 1 N–H and O–H groups in total. The summed E-state index contributed by atoms with van der Waals surface area (Å²) in [5.74, 6) is -3.05. The third-order valence-electron chi connectivity index (χ3n) is 1.44. The van der Waals surface area contributed by atoms with Crippen molar-refractivity contribution in [3.8, 4) is 0 Å². The Labute approximate surface area is 94.6 Å². The lowest BCUT2D eigenvalue weighted by Crippen LogP contribution is -2.23. The molecule has 1 rings (SSSR count). The number of rotatable bonds is 1. The fourth-order valence-electron chi connectivity index (χ4n) is 0.696. The summed E-state index contributed by atoms with van der Waals surface area (Å²) in [5.41, 5.74) is 0.331. The van der Waals surface area contributed by atoms with E-state index in [2.05, 4.69) is 4.74 Å². The Kier molecular flexibility index (Phi) is 5.73. The molecule has 1 aromatic carbocycles. The monoisotopic (exact) mass is 250 g/mol. The van der Waals surface area contributed by atoms with Crippen LogP contribution < -0.4 is 0 Å². The zero-order valence-corrected chi connectivity index (χ0v) is 8.69. The molecule has 0 aliphatic carbocycles. The zero-order chi connectivity index (χ0) is 13.5. The predicted molar refractivity (Wildman–Crippen MR) is 51.5 cm³/mol. The van der Waals surface area contributed by atoms with Crippen LogP contribution in [-0.4, -0.2) is 30.3 Å². The van der Waals surface area contributed by atoms with Gasteiger partial charge in [0.2, 0.25) is 0 Å². The number of ether oxygens (including phenoxy) is 1. The van der Waals surface area contributed by atoms with E-state index in [-0.39, 0.29) is 0 Å². The summed E-state index contributed by atoms with van der Waals surface area (Å²) < 4.78 is 36.3. The van der Waals surface area contributed by atoms with E-state index in [1.54, 1.807) is 30.3 Å². The molecule has 0 amide bonds. The molecule has 0 bridgehead atoms. The van der Waals surface area contributed by atoms with Gasteiger partial charge in [-0.15, -0.1) is 0 Å². The quantitative estimate of drug-likeness (QED) is 0.775. The largest absolute Gasteiger partial charge is 0.490 e. The van der Waals surface area contributed by atoms with Crippen LogP contribution in [-0.2, 0) is 9.53 Å². The van der Waals surface area contributed by atoms with Gasteiger partial charge in [0.15, 0.2) is 0 Å². The molecule has 0 spiro atoms. The van der Waals surface area contributed by atoms with Crippen molar-refractivity contribution in [1.82, 2.24) is 0 Å². The van der Waals surface area contributed by atoms with Crippen LogP contribution in [0.2, 0.25) is 0 Å². The Bertz CT molecular complexity index is 373. The van der Waals surface area contributed by atoms with E-state index in [9.17, 15) is 22.8 Å². The van der Waals surface area contributed by atoms with Crippen LogP contribution in [0.15, 0.2) is 30.3 Å². The van der Waals surface area contributed by atoms with Crippen molar-refractivity contribution < 1.29 is 32.6 Å². The summed E-state index contributed by atoms with van der Waals surface area (Å²) in [6.07, 6.45) is -4.85. The van der Waals surface area contributed by atoms with E-state index in [4.69, 9.17) is 5.11 Å². The van der Waals surface area contributed by atoms with Gasteiger partial charge in [-0.1, -0.05) is 18.2 Å². The first-order valence-corrected chi connectivity index (χ1v) is 4.22. The van der Waals surface area contributed by atoms with Crippen LogP contribution in [0.4, 0.5) is 13.2 Å². The third kappa shape index (κ3) is 6.18. The van der Waals surface area contributed by atoms with Gasteiger partial charge in [0.1, 0.15) is 0 Å². The fourth-order valence-corrected chi connectivity index (χ4v) is 0.696. The molecule has 0 aliphatic rings. The number of halogens is 3. The van der Waals surface area contributed by atoms with E-state index in [0.29, 0.717) is 12.7 Å². The topological polar surface area (TPSA) is 63.6 Å². The number of aromatic carboxylic acids is 1. The summed E-state index contributed by atoms with van der Waals surface area (Å²) >= 11 is 0. The second kappa shape index (κ2) is 6.51. The molecule has 0 fully saturated rings. The average Bonchev–Trinajstić information content (AvgIpc) is 2.28. The number of alkyl halides is 3. The molecule has 94 valence electrons. The molecule has 0 saturated carbocycles. The maximum atomic E-state index is 11.0. The molecular formula is C10H9F3O4. The molecule has 0 aliphatic heterocycles. The smallest absolute Gasteiger partial charge is 0.478 e. The Balaban J connectivity index is 0.000000304. The highest BCUT2D eigenvalue weighted by Gasteiger charge is 2.39. The number of esters is 1. The van der Waals surface area contributed by atoms with Crippen LogP contribution in [0.25, 0.3) is 0 Å². The number of hydrogen-bond donors (Lipinski definition) is 1. The molecular weight excluding hydrogens is 241 g/mol. The average molecular weight is 250 g/mol. The molecule has 0 aromatic heterocycles. The molecule has 0 atom stereocenters. The lowest BCUT2D eigenvalue weighted by molar-refractivity contribution is -0.196. The number of carbonyl (C=O) groups is 2. The number of methoxy groups -OCH3 is 1. The maximum Gasteiger partial charge on any atom is 0.490 e. The molecule has 7 heteroatoms. The third-order valence-corrected chi connectivity index (χ3v) is 1.44. The lowest BCUT2D eigenvalue weighted by Gasteiger charge is -1.99. The predicted octanol–water partition coefficient (Wildman–Crippen LogP) is 2.11. The van der Waals surface area contributed by atoms with Crippen molar-refractivity contribution in [3.63, 3.8) is 0 Å². The van der Waals surface area contributed by atoms with Gasteiger partial charge in [0, 0.05) is 0 Å². The molecule has 0 heterocycles. The standard InChI is InChI=1S/C7H6O2.C3H3F3O2/c8-7(9)6-4-2-1-3-5-6;1-8-2(7)3(4,5)6/h1-5H,(H,8,9);1H3. The van der Waals surface area contributed by atoms with E-state index in [1.807, 2.05) is 0 Å². The van der Waals surface area contributed by atoms with Gasteiger partial charge in [0.05, 0.1) is 12.7 Å². The molecule has 4 nitrogen and oxygen atoms in total. The Morgan fingerprint density at radius 2 is 1.65 bits per heavy atom. The minimum atomic E-state index is -4.85. The van der Waals surface area contributed by atoms with E-state index < -0.39 is 18.1 Å². The zero-order valence-electron chi connectivity index (χ0n) is 8.69. The minimum absolute atomic E-state index is 0.331. The number of carboxylic acid groups (broad SMARTS) is 1. The number of benzene rings is 1. The first-order valence-electron chi connectivity index (χ1n) is 4.22. The number of carbonyl (C=O) groups excluding carboxylic acids is 1. The second-order valence-electron chi connectivity index (χ2n) is 2.66. The normalized spacial score (nSPS) is 9.88. The Morgan fingerprint density at radius 3 is 1.82 bits per heavy atom. The van der Waals surface area contributed by atoms with Crippen LogP contribution in [0.5, 0.6) is 0 Å². The van der Waals surface area contributed by atoms with E-state index in [1.165, 1.54) is 0 Å². The summed E-state index contributed by atoms with van der Waals surface area (Å²) in [4.78, 5) is 19.7. The molecule has 0 unspecified atom stereocenters. The second-order valence-corrected chi connectivity index (χ2v) is 2.66. The van der Waals surface area contributed by atoms with Crippen molar-refractivity contribution in [2.24, 2.45) is 0 Å². The van der Waals surface area contributed by atoms with Gasteiger partial charge in [-0.2, -0.15) is 13.2 Å². The minimum Gasteiger partial charge on any atom is -0.478 e. The Hall–Kier alpha value is -2.05.